The average Bonchev–Trinajstić information content (AvgIpc) is 3.03. The first-order valence-electron chi connectivity index (χ1n) is 10.2. The second-order valence-electron chi connectivity index (χ2n) is 8.43. The molecule has 0 spiro atoms. The van der Waals surface area contributed by atoms with Crippen molar-refractivity contribution in [3.8, 4) is 11.1 Å². The van der Waals surface area contributed by atoms with Gasteiger partial charge in [0.05, 0.1) is 6.67 Å². The molecule has 1 fully saturated rings. The van der Waals surface area contributed by atoms with Gasteiger partial charge >= 0.3 is 5.51 Å². The summed E-state index contributed by atoms with van der Waals surface area (Å²) in [6.45, 7) is 6.56. The number of hydrogen-bond acceptors (Lipinski definition) is 4. The van der Waals surface area contributed by atoms with E-state index in [4.69, 9.17) is 11.6 Å². The van der Waals surface area contributed by atoms with Gasteiger partial charge in [0, 0.05) is 52.2 Å². The van der Waals surface area contributed by atoms with Crippen LogP contribution < -0.4 is 4.90 Å². The monoisotopic (exact) mass is 477 g/mol. The topological polar surface area (TPSA) is 19.4 Å². The molecule has 1 saturated heterocycles. The predicted molar refractivity (Wildman–Crippen MR) is 125 cm³/mol. The number of thioether (sulfide) groups is 1. The Kier molecular flexibility index (Phi) is 6.43. The largest absolute Gasteiger partial charge is 0.446 e. The van der Waals surface area contributed by atoms with Crippen molar-refractivity contribution in [2.45, 2.75) is 36.3 Å². The highest BCUT2D eigenvalue weighted by molar-refractivity contribution is 8.00. The fourth-order valence-electron chi connectivity index (χ4n) is 3.97. The lowest BCUT2D eigenvalue weighted by Gasteiger charge is -2.30. The molecule has 0 bridgehead atoms. The van der Waals surface area contributed by atoms with Crippen LogP contribution in [0.5, 0.6) is 0 Å². The van der Waals surface area contributed by atoms with Crippen molar-refractivity contribution < 1.29 is 13.2 Å². The highest BCUT2D eigenvalue weighted by atomic mass is 35.5. The molecule has 0 saturated carbocycles. The molecule has 0 unspecified atom stereocenters. The van der Waals surface area contributed by atoms with Crippen LogP contribution in [-0.4, -0.2) is 34.1 Å². The van der Waals surface area contributed by atoms with E-state index in [1.54, 1.807) is 18.3 Å². The molecule has 0 amide bonds. The standard InChI is InChI=1S/C24H23ClF3N3S/c1-23(2)15-30(20-7-9-21(10-8-20)32-24(26,27)28)16-31(23)14-18-11-12-29-13-22(18)17-3-5-19(25)6-4-17/h3-13H,14-16H2,1-2H3. The van der Waals surface area contributed by atoms with Crippen LogP contribution in [0.1, 0.15) is 19.4 Å². The molecule has 8 heteroatoms. The Labute approximate surface area is 195 Å². The lowest BCUT2D eigenvalue weighted by atomic mass is 9.99. The highest BCUT2D eigenvalue weighted by Gasteiger charge is 2.37. The zero-order chi connectivity index (χ0) is 22.9. The lowest BCUT2D eigenvalue weighted by molar-refractivity contribution is -0.0328. The number of rotatable bonds is 5. The van der Waals surface area contributed by atoms with Gasteiger partial charge in [-0.3, -0.25) is 9.88 Å². The van der Waals surface area contributed by atoms with Crippen LogP contribution in [0.2, 0.25) is 5.02 Å². The molecule has 1 aliphatic rings. The van der Waals surface area contributed by atoms with Gasteiger partial charge in [0.25, 0.3) is 0 Å². The first-order chi connectivity index (χ1) is 15.1. The van der Waals surface area contributed by atoms with Crippen molar-refractivity contribution in [3.05, 3.63) is 77.6 Å². The molecule has 2 aromatic carbocycles. The van der Waals surface area contributed by atoms with Crippen LogP contribution in [0.15, 0.2) is 71.9 Å². The Hall–Kier alpha value is -2.22. The van der Waals surface area contributed by atoms with E-state index in [0.717, 1.165) is 35.5 Å². The average molecular weight is 478 g/mol. The van der Waals surface area contributed by atoms with Crippen molar-refractivity contribution in [2.24, 2.45) is 0 Å². The van der Waals surface area contributed by atoms with E-state index in [1.165, 1.54) is 12.1 Å². The summed E-state index contributed by atoms with van der Waals surface area (Å²) in [6.07, 6.45) is 3.67. The molecule has 0 radical (unpaired) electrons. The van der Waals surface area contributed by atoms with E-state index in [9.17, 15) is 13.2 Å². The summed E-state index contributed by atoms with van der Waals surface area (Å²) in [4.78, 5) is 9.08. The molecule has 0 atom stereocenters. The molecule has 2 heterocycles. The van der Waals surface area contributed by atoms with E-state index >= 15 is 0 Å². The molecular formula is C24H23ClF3N3S. The van der Waals surface area contributed by atoms with Gasteiger partial charge in [-0.25, -0.2) is 0 Å². The first kappa shape index (κ1) is 23.0. The van der Waals surface area contributed by atoms with E-state index < -0.39 is 5.51 Å². The van der Waals surface area contributed by atoms with Crippen molar-refractivity contribution in [2.75, 3.05) is 18.1 Å². The molecule has 4 rings (SSSR count). The molecule has 168 valence electrons. The van der Waals surface area contributed by atoms with Gasteiger partial charge in [0.2, 0.25) is 0 Å². The third kappa shape index (κ3) is 5.39. The predicted octanol–water partition coefficient (Wildman–Crippen LogP) is 7.07. The maximum absolute atomic E-state index is 12.6. The summed E-state index contributed by atoms with van der Waals surface area (Å²) in [7, 11) is 0. The summed E-state index contributed by atoms with van der Waals surface area (Å²) >= 11 is 5.95. The van der Waals surface area contributed by atoms with Gasteiger partial charge in [-0.1, -0.05) is 23.7 Å². The Morgan fingerprint density at radius 3 is 2.38 bits per heavy atom. The van der Waals surface area contributed by atoms with E-state index in [0.29, 0.717) is 11.7 Å². The first-order valence-corrected chi connectivity index (χ1v) is 11.3. The molecule has 3 nitrogen and oxygen atoms in total. The van der Waals surface area contributed by atoms with Crippen molar-refractivity contribution in [1.82, 2.24) is 9.88 Å². The molecule has 3 aromatic rings. The Bertz CT molecular complexity index is 1070. The number of halogens is 4. The third-order valence-corrected chi connectivity index (χ3v) is 6.63. The minimum atomic E-state index is -4.28. The number of anilines is 1. The van der Waals surface area contributed by atoms with Gasteiger partial charge in [-0.05, 0) is 79.2 Å². The maximum atomic E-state index is 12.6. The number of alkyl halides is 3. The number of aromatic nitrogens is 1. The van der Waals surface area contributed by atoms with Crippen molar-refractivity contribution in [3.63, 3.8) is 0 Å². The fourth-order valence-corrected chi connectivity index (χ4v) is 4.63. The Morgan fingerprint density at radius 1 is 1.03 bits per heavy atom. The van der Waals surface area contributed by atoms with Gasteiger partial charge in [-0.15, -0.1) is 0 Å². The molecule has 32 heavy (non-hydrogen) atoms. The zero-order valence-corrected chi connectivity index (χ0v) is 19.3. The summed E-state index contributed by atoms with van der Waals surface area (Å²) in [5.74, 6) is 0. The molecule has 0 N–H and O–H groups in total. The van der Waals surface area contributed by atoms with Crippen molar-refractivity contribution >= 4 is 29.1 Å². The maximum Gasteiger partial charge on any atom is 0.446 e. The van der Waals surface area contributed by atoms with Gasteiger partial charge < -0.3 is 4.90 Å². The van der Waals surface area contributed by atoms with Gasteiger partial charge in [0.1, 0.15) is 0 Å². The molecular weight excluding hydrogens is 455 g/mol. The summed E-state index contributed by atoms with van der Waals surface area (Å²) < 4.78 is 37.8. The summed E-state index contributed by atoms with van der Waals surface area (Å²) in [6, 6.07) is 16.3. The quantitative estimate of drug-likeness (QED) is 0.366. The second kappa shape index (κ2) is 8.96. The zero-order valence-electron chi connectivity index (χ0n) is 17.7. The Balaban J connectivity index is 1.52. The van der Waals surface area contributed by atoms with Crippen LogP contribution >= 0.6 is 23.4 Å². The van der Waals surface area contributed by atoms with Crippen LogP contribution in [0.4, 0.5) is 18.9 Å². The van der Waals surface area contributed by atoms with E-state index in [2.05, 4.69) is 28.6 Å². The second-order valence-corrected chi connectivity index (χ2v) is 10.0. The van der Waals surface area contributed by atoms with Crippen LogP contribution in [0.25, 0.3) is 11.1 Å². The number of benzene rings is 2. The highest BCUT2D eigenvalue weighted by Crippen LogP contribution is 2.38. The molecule has 1 aliphatic heterocycles. The van der Waals surface area contributed by atoms with E-state index in [-0.39, 0.29) is 22.2 Å². The summed E-state index contributed by atoms with van der Waals surface area (Å²) in [5.41, 5.74) is -0.190. The fraction of sp³-hybridized carbons (Fsp3) is 0.292. The van der Waals surface area contributed by atoms with Crippen LogP contribution in [0.3, 0.4) is 0 Å². The van der Waals surface area contributed by atoms with Gasteiger partial charge in [-0.2, -0.15) is 13.2 Å². The lowest BCUT2D eigenvalue weighted by Crippen LogP contribution is -2.39. The molecule has 1 aromatic heterocycles. The minimum Gasteiger partial charge on any atom is -0.357 e. The number of hydrogen-bond donors (Lipinski definition) is 0. The number of nitrogens with zero attached hydrogens (tertiary/aromatic N) is 3. The van der Waals surface area contributed by atoms with Crippen molar-refractivity contribution in [1.29, 1.82) is 0 Å². The number of pyridine rings is 1. The van der Waals surface area contributed by atoms with Gasteiger partial charge in [0.15, 0.2) is 0 Å². The Morgan fingerprint density at radius 2 is 1.72 bits per heavy atom. The normalized spacial score (nSPS) is 16.5. The SMILES string of the molecule is CC1(C)CN(c2ccc(SC(F)(F)F)cc2)CN1Cc1ccncc1-c1ccc(Cl)cc1. The van der Waals surface area contributed by atoms with Crippen LogP contribution in [-0.2, 0) is 6.54 Å². The van der Waals surface area contributed by atoms with E-state index in [1.807, 2.05) is 36.5 Å². The van der Waals surface area contributed by atoms with Crippen LogP contribution in [0, 0.1) is 0 Å². The minimum absolute atomic E-state index is 0.0887. The summed E-state index contributed by atoms with van der Waals surface area (Å²) in [5, 5.41) is 0.690. The third-order valence-electron chi connectivity index (χ3n) is 5.64. The molecule has 0 aliphatic carbocycles. The smallest absolute Gasteiger partial charge is 0.357 e.